The summed E-state index contributed by atoms with van der Waals surface area (Å²) < 4.78 is 48.1. The fourth-order valence-corrected chi connectivity index (χ4v) is 8.78. The maximum absolute atomic E-state index is 15.2. The quantitative estimate of drug-likeness (QED) is 0.419. The third kappa shape index (κ3) is 6.48. The lowest BCUT2D eigenvalue weighted by Gasteiger charge is -2.43. The molecular formula is C30H40ClFN4O4S. The average Bonchev–Trinajstić information content (AvgIpc) is 3.08. The van der Waals surface area contributed by atoms with E-state index in [4.69, 9.17) is 22.1 Å². The topological polar surface area (TPSA) is 114 Å². The zero-order chi connectivity index (χ0) is 29.2. The van der Waals surface area contributed by atoms with E-state index in [2.05, 4.69) is 10.6 Å². The Bertz CT molecular complexity index is 1330. The highest BCUT2D eigenvalue weighted by atomic mass is 35.5. The van der Waals surface area contributed by atoms with Crippen LogP contribution < -0.4 is 16.4 Å². The smallest absolute Gasteiger partial charge is 0.242 e. The third-order valence-electron chi connectivity index (χ3n) is 9.32. The van der Waals surface area contributed by atoms with E-state index in [0.29, 0.717) is 55.0 Å². The molecule has 4 atom stereocenters. The molecule has 8 nitrogen and oxygen atoms in total. The van der Waals surface area contributed by atoms with Crippen LogP contribution in [0.1, 0.15) is 56.1 Å². The molecule has 0 spiro atoms. The first-order chi connectivity index (χ1) is 19.6. The van der Waals surface area contributed by atoms with Crippen molar-refractivity contribution in [2.75, 3.05) is 31.3 Å². The van der Waals surface area contributed by atoms with Crippen LogP contribution in [-0.4, -0.2) is 68.8 Å². The highest BCUT2D eigenvalue weighted by molar-refractivity contribution is 7.89. The monoisotopic (exact) mass is 606 g/mol. The molecule has 2 saturated heterocycles. The van der Waals surface area contributed by atoms with Gasteiger partial charge in [-0.3, -0.25) is 4.79 Å². The Balaban J connectivity index is 1.34. The fourth-order valence-electron chi connectivity index (χ4n) is 6.85. The number of sulfonamides is 1. The van der Waals surface area contributed by atoms with Gasteiger partial charge in [-0.2, -0.15) is 4.31 Å². The first-order valence-electron chi connectivity index (χ1n) is 14.5. The molecular weight excluding hydrogens is 567 g/mol. The second kappa shape index (κ2) is 12.7. The summed E-state index contributed by atoms with van der Waals surface area (Å²) in [5, 5.41) is 6.99. The van der Waals surface area contributed by atoms with Crippen molar-refractivity contribution >= 4 is 33.2 Å². The summed E-state index contributed by atoms with van der Waals surface area (Å²) >= 11 is 6.16. The van der Waals surface area contributed by atoms with Gasteiger partial charge in [0.25, 0.3) is 0 Å². The van der Waals surface area contributed by atoms with Crippen LogP contribution in [0.2, 0.25) is 5.02 Å². The van der Waals surface area contributed by atoms with E-state index in [9.17, 15) is 13.2 Å². The molecule has 0 radical (unpaired) electrons. The average molecular weight is 607 g/mol. The van der Waals surface area contributed by atoms with Gasteiger partial charge in [0.1, 0.15) is 5.82 Å². The van der Waals surface area contributed by atoms with Gasteiger partial charge in [0.2, 0.25) is 15.9 Å². The summed E-state index contributed by atoms with van der Waals surface area (Å²) in [6.45, 7) is 0.969. The van der Waals surface area contributed by atoms with Crippen LogP contribution in [0.4, 0.5) is 10.1 Å². The number of nitrogens with two attached hydrogens (primary N) is 1. The highest BCUT2D eigenvalue weighted by Gasteiger charge is 2.45. The zero-order valence-corrected chi connectivity index (χ0v) is 25.0. The van der Waals surface area contributed by atoms with Gasteiger partial charge in [0.15, 0.2) is 0 Å². The van der Waals surface area contributed by atoms with E-state index >= 15 is 4.39 Å². The number of fused-ring (bicyclic) bond motifs is 2. The molecule has 3 aliphatic rings. The highest BCUT2D eigenvalue weighted by Crippen LogP contribution is 2.43. The molecule has 5 rings (SSSR count). The van der Waals surface area contributed by atoms with E-state index < -0.39 is 27.3 Å². The van der Waals surface area contributed by atoms with Gasteiger partial charge >= 0.3 is 0 Å². The number of amides is 1. The Morgan fingerprint density at radius 2 is 1.95 bits per heavy atom. The number of ether oxygens (including phenoxy) is 1. The molecule has 2 aliphatic heterocycles. The van der Waals surface area contributed by atoms with Crippen LogP contribution in [0.15, 0.2) is 42.5 Å². The molecule has 2 aromatic carbocycles. The molecule has 2 aromatic rings. The molecule has 0 aromatic heterocycles. The van der Waals surface area contributed by atoms with Crippen LogP contribution in [0.3, 0.4) is 0 Å². The second-order valence-electron chi connectivity index (χ2n) is 11.7. The molecule has 2 heterocycles. The lowest BCUT2D eigenvalue weighted by atomic mass is 9.64. The molecule has 224 valence electrons. The number of carbonyl (C=O) groups is 1. The summed E-state index contributed by atoms with van der Waals surface area (Å²) in [6, 6.07) is 11.1. The van der Waals surface area contributed by atoms with Gasteiger partial charge in [0, 0.05) is 54.0 Å². The van der Waals surface area contributed by atoms with Crippen molar-refractivity contribution in [3.8, 4) is 0 Å². The number of piperazine rings is 1. The number of hydrogen-bond acceptors (Lipinski definition) is 6. The first kappa shape index (κ1) is 30.4. The summed E-state index contributed by atoms with van der Waals surface area (Å²) in [5.41, 5.74) is 7.79. The lowest BCUT2D eigenvalue weighted by Crippen LogP contribution is -2.57. The molecule has 1 unspecified atom stereocenters. The van der Waals surface area contributed by atoms with Crippen LogP contribution >= 0.6 is 11.6 Å². The van der Waals surface area contributed by atoms with E-state index in [1.165, 1.54) is 6.07 Å². The van der Waals surface area contributed by atoms with Crippen molar-refractivity contribution in [2.24, 2.45) is 5.73 Å². The van der Waals surface area contributed by atoms with E-state index in [0.717, 1.165) is 24.8 Å². The van der Waals surface area contributed by atoms with Crippen molar-refractivity contribution in [3.63, 3.8) is 0 Å². The van der Waals surface area contributed by atoms with Gasteiger partial charge in [0.05, 0.1) is 17.9 Å². The number of methoxy groups -OCH3 is 1. The van der Waals surface area contributed by atoms with Crippen molar-refractivity contribution in [2.45, 2.75) is 81.0 Å². The number of nitrogens with one attached hydrogen (secondary N) is 2. The van der Waals surface area contributed by atoms with Crippen molar-refractivity contribution in [3.05, 3.63) is 64.4 Å². The minimum absolute atomic E-state index is 0.109. The largest absolute Gasteiger partial charge is 0.381 e. The Hall–Kier alpha value is -2.08. The lowest BCUT2D eigenvalue weighted by molar-refractivity contribution is -0.119. The van der Waals surface area contributed by atoms with Gasteiger partial charge in [-0.1, -0.05) is 29.8 Å². The Labute approximate surface area is 247 Å². The third-order valence-corrected chi connectivity index (χ3v) is 11.5. The Kier molecular flexibility index (Phi) is 9.37. The number of halogens is 2. The van der Waals surface area contributed by atoms with Gasteiger partial charge < -0.3 is 21.1 Å². The number of carbonyl (C=O) groups excluding carboxylic acids is 1. The summed E-state index contributed by atoms with van der Waals surface area (Å²) in [7, 11) is -1.66. The fraction of sp³-hybridized carbons (Fsp3) is 0.567. The van der Waals surface area contributed by atoms with Crippen molar-refractivity contribution in [1.29, 1.82) is 0 Å². The molecule has 2 bridgehead atoms. The second-order valence-corrected chi connectivity index (χ2v) is 14.1. The van der Waals surface area contributed by atoms with Crippen LogP contribution in [-0.2, 0) is 31.4 Å². The number of hydrogen-bond donors (Lipinski definition) is 3. The van der Waals surface area contributed by atoms with E-state index in [1.807, 2.05) is 24.3 Å². The van der Waals surface area contributed by atoms with Gasteiger partial charge in [-0.25, -0.2) is 12.8 Å². The van der Waals surface area contributed by atoms with E-state index in [1.54, 1.807) is 23.5 Å². The SMILES string of the molecule is CO[C@H]1CC[C@](c2ccc(Cl)cc2)([C@H](N)C(=O)Nc2cccc(F)c2CC[C@H]2CN[C@@H]3CCCS(=O)(=O)N2C3)CC1. The van der Waals surface area contributed by atoms with Crippen molar-refractivity contribution < 1.29 is 22.3 Å². The molecule has 1 amide bonds. The van der Waals surface area contributed by atoms with Crippen LogP contribution in [0, 0.1) is 5.82 Å². The zero-order valence-electron chi connectivity index (χ0n) is 23.5. The molecule has 1 aliphatic carbocycles. The van der Waals surface area contributed by atoms with Crippen molar-refractivity contribution in [1.82, 2.24) is 9.62 Å². The maximum Gasteiger partial charge on any atom is 0.242 e. The standard InChI is InChI=1S/C30H40ClFN4O4S/c1-40-24-13-15-30(16-14-24,20-7-9-21(31)10-8-20)28(33)29(37)35-27-6-2-5-26(32)25(27)12-11-23-18-34-22-4-3-17-41(38,39)36(23)19-22/h2,5-10,22-24,28,34H,3-4,11-19,33H2,1H3,(H,35,37)/t22-,23+,24-,28-,30-/m1/s1. The minimum atomic E-state index is -3.35. The van der Waals surface area contributed by atoms with Crippen LogP contribution in [0.25, 0.3) is 0 Å². The predicted octanol–water partition coefficient (Wildman–Crippen LogP) is 3.97. The van der Waals surface area contributed by atoms with Gasteiger partial charge in [-0.15, -0.1) is 0 Å². The van der Waals surface area contributed by atoms with E-state index in [-0.39, 0.29) is 36.3 Å². The summed E-state index contributed by atoms with van der Waals surface area (Å²) in [6.07, 6.45) is 5.14. The number of rotatable bonds is 8. The molecule has 4 N–H and O–H groups in total. The molecule has 11 heteroatoms. The Morgan fingerprint density at radius 3 is 2.66 bits per heavy atom. The number of benzene rings is 2. The predicted molar refractivity (Wildman–Crippen MR) is 159 cm³/mol. The molecule has 1 saturated carbocycles. The van der Waals surface area contributed by atoms with Crippen LogP contribution in [0.5, 0.6) is 0 Å². The normalized spacial score (nSPS) is 30.2. The summed E-state index contributed by atoms with van der Waals surface area (Å²) in [4.78, 5) is 13.7. The maximum atomic E-state index is 15.2. The summed E-state index contributed by atoms with van der Waals surface area (Å²) in [5.74, 6) is -0.689. The molecule has 3 fully saturated rings. The number of nitrogens with zero attached hydrogens (tertiary/aromatic N) is 1. The first-order valence-corrected chi connectivity index (χ1v) is 16.5. The van der Waals surface area contributed by atoms with Gasteiger partial charge in [-0.05, 0) is 81.2 Å². The molecule has 41 heavy (non-hydrogen) atoms. The number of anilines is 1. The minimum Gasteiger partial charge on any atom is -0.381 e. The Morgan fingerprint density at radius 1 is 1.22 bits per heavy atom.